The van der Waals surface area contributed by atoms with Gasteiger partial charge in [-0.05, 0) is 37.5 Å². The Balaban J connectivity index is 1.93. The summed E-state index contributed by atoms with van der Waals surface area (Å²) in [5.74, 6) is -0.00193. The van der Waals surface area contributed by atoms with E-state index in [0.717, 1.165) is 22.9 Å². The van der Waals surface area contributed by atoms with Crippen molar-refractivity contribution in [3.63, 3.8) is 0 Å². The molecular formula is C13H16BrNO2. The molecule has 1 heterocycles. The minimum Gasteiger partial charge on any atom is -0.368 e. The molecule has 0 radical (unpaired) electrons. The highest BCUT2D eigenvalue weighted by molar-refractivity contribution is 9.10. The Morgan fingerprint density at radius 3 is 2.76 bits per heavy atom. The standard InChI is InChI=1S/C13H16BrNO2/c1-9(10-4-6-11(14)7-5-10)15-13(16)12-3-2-8-17-12/h4-7,9,12H,2-3,8H2,1H3,(H,15,16)/t9?,12-/m0/s1. The number of nitrogens with one attached hydrogen (secondary N) is 1. The Hall–Kier alpha value is -0.870. The lowest BCUT2D eigenvalue weighted by Crippen LogP contribution is -2.35. The van der Waals surface area contributed by atoms with E-state index < -0.39 is 0 Å². The van der Waals surface area contributed by atoms with Crippen LogP contribution in [0.4, 0.5) is 0 Å². The summed E-state index contributed by atoms with van der Waals surface area (Å²) in [6, 6.07) is 7.98. The fourth-order valence-electron chi connectivity index (χ4n) is 1.93. The van der Waals surface area contributed by atoms with E-state index in [1.165, 1.54) is 0 Å². The number of ether oxygens (including phenoxy) is 1. The van der Waals surface area contributed by atoms with Gasteiger partial charge in [0.25, 0.3) is 0 Å². The maximum Gasteiger partial charge on any atom is 0.249 e. The molecule has 0 aromatic heterocycles. The molecule has 17 heavy (non-hydrogen) atoms. The van der Waals surface area contributed by atoms with Crippen LogP contribution < -0.4 is 5.32 Å². The van der Waals surface area contributed by atoms with Crippen LogP contribution in [0.3, 0.4) is 0 Å². The molecule has 0 bridgehead atoms. The van der Waals surface area contributed by atoms with Crippen molar-refractivity contribution in [2.45, 2.75) is 31.9 Å². The molecule has 0 aliphatic carbocycles. The van der Waals surface area contributed by atoms with Crippen molar-refractivity contribution in [1.29, 1.82) is 0 Å². The number of carbonyl (C=O) groups is 1. The third kappa shape index (κ3) is 3.30. The predicted octanol–water partition coefficient (Wildman–Crippen LogP) is 2.81. The van der Waals surface area contributed by atoms with E-state index in [9.17, 15) is 4.79 Å². The average molecular weight is 298 g/mol. The van der Waals surface area contributed by atoms with Crippen LogP contribution in [0, 0.1) is 0 Å². The summed E-state index contributed by atoms with van der Waals surface area (Å²) >= 11 is 3.39. The zero-order chi connectivity index (χ0) is 12.3. The SMILES string of the molecule is CC(NC(=O)[C@@H]1CCCO1)c1ccc(Br)cc1. The van der Waals surface area contributed by atoms with Crippen molar-refractivity contribution >= 4 is 21.8 Å². The van der Waals surface area contributed by atoms with Crippen molar-refractivity contribution in [2.75, 3.05) is 6.61 Å². The minimum atomic E-state index is -0.257. The lowest BCUT2D eigenvalue weighted by atomic mass is 10.1. The molecule has 2 rings (SSSR count). The first-order valence-electron chi connectivity index (χ1n) is 5.84. The van der Waals surface area contributed by atoms with Gasteiger partial charge in [-0.3, -0.25) is 4.79 Å². The Labute approximate surface area is 110 Å². The number of benzene rings is 1. The zero-order valence-corrected chi connectivity index (χ0v) is 11.4. The van der Waals surface area contributed by atoms with E-state index in [2.05, 4.69) is 21.2 Å². The summed E-state index contributed by atoms with van der Waals surface area (Å²) in [6.07, 6.45) is 1.55. The van der Waals surface area contributed by atoms with Crippen molar-refractivity contribution in [3.8, 4) is 0 Å². The number of hydrogen-bond donors (Lipinski definition) is 1. The average Bonchev–Trinajstić information content (AvgIpc) is 2.83. The van der Waals surface area contributed by atoms with E-state index in [4.69, 9.17) is 4.74 Å². The van der Waals surface area contributed by atoms with Gasteiger partial charge in [0.15, 0.2) is 0 Å². The van der Waals surface area contributed by atoms with Crippen LogP contribution in [0.1, 0.15) is 31.4 Å². The Morgan fingerprint density at radius 2 is 2.18 bits per heavy atom. The lowest BCUT2D eigenvalue weighted by molar-refractivity contribution is -0.130. The van der Waals surface area contributed by atoms with E-state index in [1.54, 1.807) is 0 Å². The molecule has 0 spiro atoms. The van der Waals surface area contributed by atoms with E-state index in [-0.39, 0.29) is 18.1 Å². The molecule has 92 valence electrons. The highest BCUT2D eigenvalue weighted by Gasteiger charge is 2.24. The van der Waals surface area contributed by atoms with Crippen LogP contribution in [0.15, 0.2) is 28.7 Å². The number of amides is 1. The fourth-order valence-corrected chi connectivity index (χ4v) is 2.19. The second kappa shape index (κ2) is 5.65. The molecule has 1 saturated heterocycles. The van der Waals surface area contributed by atoms with E-state index in [0.29, 0.717) is 6.61 Å². The lowest BCUT2D eigenvalue weighted by Gasteiger charge is -2.17. The van der Waals surface area contributed by atoms with Crippen LogP contribution in [0.2, 0.25) is 0 Å². The molecule has 0 saturated carbocycles. The van der Waals surface area contributed by atoms with Gasteiger partial charge in [-0.1, -0.05) is 28.1 Å². The maximum atomic E-state index is 11.9. The first-order valence-corrected chi connectivity index (χ1v) is 6.63. The third-order valence-corrected chi connectivity index (χ3v) is 3.48. The fraction of sp³-hybridized carbons (Fsp3) is 0.462. The molecule has 1 amide bonds. The summed E-state index contributed by atoms with van der Waals surface area (Å²) < 4.78 is 6.39. The number of halogens is 1. The molecular weight excluding hydrogens is 282 g/mol. The molecule has 1 fully saturated rings. The Kier molecular flexibility index (Phi) is 4.18. The highest BCUT2D eigenvalue weighted by atomic mass is 79.9. The van der Waals surface area contributed by atoms with Crippen LogP contribution >= 0.6 is 15.9 Å². The topological polar surface area (TPSA) is 38.3 Å². The molecule has 1 aromatic rings. The predicted molar refractivity (Wildman–Crippen MR) is 69.7 cm³/mol. The van der Waals surface area contributed by atoms with Crippen LogP contribution in [-0.2, 0) is 9.53 Å². The zero-order valence-electron chi connectivity index (χ0n) is 9.78. The largest absolute Gasteiger partial charge is 0.368 e. The molecule has 1 aliphatic heterocycles. The van der Waals surface area contributed by atoms with Gasteiger partial charge in [-0.15, -0.1) is 0 Å². The second-order valence-electron chi connectivity index (χ2n) is 4.28. The van der Waals surface area contributed by atoms with Gasteiger partial charge in [0.05, 0.1) is 6.04 Å². The summed E-state index contributed by atoms with van der Waals surface area (Å²) in [5, 5.41) is 2.98. The molecule has 2 atom stereocenters. The molecule has 1 aliphatic rings. The van der Waals surface area contributed by atoms with Crippen LogP contribution in [0.5, 0.6) is 0 Å². The van der Waals surface area contributed by atoms with Gasteiger partial charge >= 0.3 is 0 Å². The smallest absolute Gasteiger partial charge is 0.249 e. The number of carbonyl (C=O) groups excluding carboxylic acids is 1. The summed E-state index contributed by atoms with van der Waals surface area (Å²) in [5.41, 5.74) is 1.10. The molecule has 1 unspecified atom stereocenters. The second-order valence-corrected chi connectivity index (χ2v) is 5.20. The number of rotatable bonds is 3. The normalized spacial score (nSPS) is 21.2. The van der Waals surface area contributed by atoms with Crippen molar-refractivity contribution in [3.05, 3.63) is 34.3 Å². The van der Waals surface area contributed by atoms with Crippen molar-refractivity contribution in [2.24, 2.45) is 0 Å². The Bertz CT molecular complexity index is 385. The first kappa shape index (κ1) is 12.6. The molecule has 1 N–H and O–H groups in total. The van der Waals surface area contributed by atoms with Gasteiger partial charge in [-0.25, -0.2) is 0 Å². The van der Waals surface area contributed by atoms with Gasteiger partial charge in [-0.2, -0.15) is 0 Å². The third-order valence-electron chi connectivity index (χ3n) is 2.95. The van der Waals surface area contributed by atoms with Crippen LogP contribution in [-0.4, -0.2) is 18.6 Å². The van der Waals surface area contributed by atoms with Crippen molar-refractivity contribution in [1.82, 2.24) is 5.32 Å². The maximum absolute atomic E-state index is 11.9. The van der Waals surface area contributed by atoms with E-state index >= 15 is 0 Å². The van der Waals surface area contributed by atoms with Gasteiger partial charge < -0.3 is 10.1 Å². The van der Waals surface area contributed by atoms with Gasteiger partial charge in [0, 0.05) is 11.1 Å². The van der Waals surface area contributed by atoms with E-state index in [1.807, 2.05) is 31.2 Å². The molecule has 1 aromatic carbocycles. The Morgan fingerprint density at radius 1 is 1.47 bits per heavy atom. The first-order chi connectivity index (χ1) is 8.16. The highest BCUT2D eigenvalue weighted by Crippen LogP contribution is 2.18. The minimum absolute atomic E-state index is 0.00193. The van der Waals surface area contributed by atoms with Crippen molar-refractivity contribution < 1.29 is 9.53 Å². The molecule has 4 heteroatoms. The van der Waals surface area contributed by atoms with Gasteiger partial charge in [0.1, 0.15) is 6.10 Å². The summed E-state index contributed by atoms with van der Waals surface area (Å²) in [7, 11) is 0. The molecule has 3 nitrogen and oxygen atoms in total. The quantitative estimate of drug-likeness (QED) is 0.932. The van der Waals surface area contributed by atoms with Crippen LogP contribution in [0.25, 0.3) is 0 Å². The monoisotopic (exact) mass is 297 g/mol. The van der Waals surface area contributed by atoms with Gasteiger partial charge in [0.2, 0.25) is 5.91 Å². The summed E-state index contributed by atoms with van der Waals surface area (Å²) in [6.45, 7) is 2.68. The number of hydrogen-bond acceptors (Lipinski definition) is 2. The summed E-state index contributed by atoms with van der Waals surface area (Å²) in [4.78, 5) is 11.9.